The van der Waals surface area contributed by atoms with Gasteiger partial charge in [-0.1, -0.05) is 43.7 Å². The van der Waals surface area contributed by atoms with E-state index in [9.17, 15) is 14.7 Å². The van der Waals surface area contributed by atoms with E-state index in [2.05, 4.69) is 5.32 Å². The second-order valence-electron chi connectivity index (χ2n) is 4.85. The summed E-state index contributed by atoms with van der Waals surface area (Å²) in [7, 11) is 0. The smallest absolute Gasteiger partial charge is 0.350 e. The lowest BCUT2D eigenvalue weighted by atomic mass is 10.0. The van der Waals surface area contributed by atoms with E-state index in [0.29, 0.717) is 6.61 Å². The zero-order valence-electron chi connectivity index (χ0n) is 11.8. The van der Waals surface area contributed by atoms with Gasteiger partial charge in [-0.2, -0.15) is 0 Å². The molecule has 1 heterocycles. The summed E-state index contributed by atoms with van der Waals surface area (Å²) in [5, 5.41) is 12.1. The molecule has 114 valence electrons. The van der Waals surface area contributed by atoms with Gasteiger partial charge in [0.1, 0.15) is 0 Å². The van der Waals surface area contributed by atoms with Crippen LogP contribution < -0.4 is 5.32 Å². The van der Waals surface area contributed by atoms with Crippen LogP contribution in [0.4, 0.5) is 0 Å². The lowest BCUT2D eigenvalue weighted by Crippen LogP contribution is -2.35. The zero-order valence-corrected chi connectivity index (χ0v) is 11.8. The summed E-state index contributed by atoms with van der Waals surface area (Å²) in [6.45, 7) is 2.30. The Morgan fingerprint density at radius 1 is 1.33 bits per heavy atom. The number of carbonyl (C=O) groups is 2. The minimum Gasteiger partial charge on any atom is -0.479 e. The molecular weight excluding hydrogens is 274 g/mol. The van der Waals surface area contributed by atoms with E-state index in [1.54, 1.807) is 12.1 Å². The first-order valence-corrected chi connectivity index (χ1v) is 6.99. The summed E-state index contributed by atoms with van der Waals surface area (Å²) >= 11 is 0. The van der Waals surface area contributed by atoms with Gasteiger partial charge in [0.2, 0.25) is 6.23 Å². The van der Waals surface area contributed by atoms with Crippen LogP contribution in [-0.2, 0) is 19.1 Å². The molecule has 0 aromatic heterocycles. The minimum atomic E-state index is -1.11. The fraction of sp³-hybridized carbons (Fsp3) is 0.467. The van der Waals surface area contributed by atoms with Gasteiger partial charge in [0.05, 0.1) is 12.6 Å². The monoisotopic (exact) mass is 293 g/mol. The highest BCUT2D eigenvalue weighted by atomic mass is 16.6. The number of ether oxygens (including phenoxy) is 2. The molecule has 6 nitrogen and oxygen atoms in total. The third-order valence-electron chi connectivity index (χ3n) is 3.27. The molecular formula is C15H19NO5. The van der Waals surface area contributed by atoms with Crippen molar-refractivity contribution in [3.8, 4) is 0 Å². The predicted molar refractivity (Wildman–Crippen MR) is 74.5 cm³/mol. The molecule has 1 aliphatic heterocycles. The highest BCUT2D eigenvalue weighted by Crippen LogP contribution is 2.27. The molecule has 0 spiro atoms. The van der Waals surface area contributed by atoms with Crippen LogP contribution in [0, 0.1) is 0 Å². The largest absolute Gasteiger partial charge is 0.479 e. The Bertz CT molecular complexity index is 490. The number of benzene rings is 1. The molecule has 1 aromatic carbocycles. The van der Waals surface area contributed by atoms with Crippen molar-refractivity contribution in [2.75, 3.05) is 6.61 Å². The Hall–Kier alpha value is -1.92. The molecule has 0 saturated carbocycles. The molecule has 21 heavy (non-hydrogen) atoms. The van der Waals surface area contributed by atoms with E-state index < -0.39 is 30.3 Å². The van der Waals surface area contributed by atoms with Gasteiger partial charge in [-0.05, 0) is 12.0 Å². The quantitative estimate of drug-likeness (QED) is 0.610. The van der Waals surface area contributed by atoms with Crippen molar-refractivity contribution in [3.05, 3.63) is 35.9 Å². The second kappa shape index (κ2) is 7.19. The molecule has 3 atom stereocenters. The van der Waals surface area contributed by atoms with E-state index in [4.69, 9.17) is 9.47 Å². The molecule has 0 bridgehead atoms. The van der Waals surface area contributed by atoms with Gasteiger partial charge in [-0.25, -0.2) is 9.59 Å². The number of nitrogens with one attached hydrogen (secondary N) is 1. The second-order valence-corrected chi connectivity index (χ2v) is 4.85. The molecule has 1 saturated heterocycles. The Kier molecular flexibility index (Phi) is 5.30. The average Bonchev–Trinajstić information content (AvgIpc) is 2.94. The normalized spacial score (nSPS) is 24.7. The molecule has 0 amide bonds. The third-order valence-corrected chi connectivity index (χ3v) is 3.27. The number of rotatable bonds is 6. The van der Waals surface area contributed by atoms with Crippen molar-refractivity contribution in [1.82, 2.24) is 5.32 Å². The number of carbonyl (C=O) groups excluding carboxylic acids is 1. The standard InChI is InChI=1S/C15H19NO5/c1-2-3-9-20-15(19)13-16-11(12(21-13)14(17)18)10-7-5-4-6-8-10/h4-8,11-13,16H,2-3,9H2,1H3,(H,17,18)/t11?,12?,13-/m1/s1. The number of carboxylic acid groups (broad SMARTS) is 1. The first kappa shape index (κ1) is 15.5. The van der Waals surface area contributed by atoms with E-state index in [-0.39, 0.29) is 0 Å². The molecule has 2 rings (SSSR count). The van der Waals surface area contributed by atoms with Crippen LogP contribution in [0.15, 0.2) is 30.3 Å². The minimum absolute atomic E-state index is 0.310. The number of carboxylic acids is 1. The Labute approximate surface area is 123 Å². The van der Waals surface area contributed by atoms with Crippen molar-refractivity contribution in [2.45, 2.75) is 38.1 Å². The van der Waals surface area contributed by atoms with Gasteiger partial charge in [0.25, 0.3) is 0 Å². The van der Waals surface area contributed by atoms with Crippen molar-refractivity contribution in [2.24, 2.45) is 0 Å². The number of hydrogen-bond acceptors (Lipinski definition) is 5. The molecule has 1 aliphatic rings. The Morgan fingerprint density at radius 2 is 2.05 bits per heavy atom. The van der Waals surface area contributed by atoms with Gasteiger partial charge in [0.15, 0.2) is 6.10 Å². The van der Waals surface area contributed by atoms with Crippen molar-refractivity contribution < 1.29 is 24.2 Å². The summed E-state index contributed by atoms with van der Waals surface area (Å²) in [5.41, 5.74) is 0.758. The Balaban J connectivity index is 2.05. The van der Waals surface area contributed by atoms with E-state index in [0.717, 1.165) is 18.4 Å². The maximum atomic E-state index is 11.9. The molecule has 0 radical (unpaired) electrons. The van der Waals surface area contributed by atoms with Crippen molar-refractivity contribution in [3.63, 3.8) is 0 Å². The summed E-state index contributed by atoms with van der Waals surface area (Å²) in [6.07, 6.45) is -0.483. The van der Waals surface area contributed by atoms with Gasteiger partial charge < -0.3 is 14.6 Å². The van der Waals surface area contributed by atoms with Gasteiger partial charge >= 0.3 is 11.9 Å². The first-order valence-electron chi connectivity index (χ1n) is 6.99. The number of hydrogen-bond donors (Lipinski definition) is 2. The van der Waals surface area contributed by atoms with Crippen molar-refractivity contribution in [1.29, 1.82) is 0 Å². The first-order chi connectivity index (χ1) is 10.1. The van der Waals surface area contributed by atoms with Crippen molar-refractivity contribution >= 4 is 11.9 Å². The summed E-state index contributed by atoms with van der Waals surface area (Å²) in [4.78, 5) is 23.2. The maximum Gasteiger partial charge on any atom is 0.350 e. The average molecular weight is 293 g/mol. The van der Waals surface area contributed by atoms with E-state index in [1.165, 1.54) is 0 Å². The number of aliphatic carboxylic acids is 1. The van der Waals surface area contributed by atoms with Crippen LogP contribution in [-0.4, -0.2) is 36.0 Å². The fourth-order valence-electron chi connectivity index (χ4n) is 2.16. The summed E-state index contributed by atoms with van der Waals surface area (Å²) in [6, 6.07) is 8.47. The molecule has 1 fully saturated rings. The third kappa shape index (κ3) is 3.80. The molecule has 1 aromatic rings. The lowest BCUT2D eigenvalue weighted by Gasteiger charge is -2.14. The maximum absolute atomic E-state index is 11.9. The summed E-state index contributed by atoms with van der Waals surface area (Å²) in [5.74, 6) is -1.69. The van der Waals surface area contributed by atoms with Gasteiger partial charge in [0, 0.05) is 0 Å². The van der Waals surface area contributed by atoms with E-state index >= 15 is 0 Å². The molecule has 6 heteroatoms. The molecule has 2 unspecified atom stereocenters. The Morgan fingerprint density at radius 3 is 2.67 bits per heavy atom. The van der Waals surface area contributed by atoms with Gasteiger partial charge in [-0.15, -0.1) is 0 Å². The SMILES string of the molecule is CCCCOC(=O)[C@@H]1NC(c2ccccc2)C(C(=O)O)O1. The fourth-order valence-corrected chi connectivity index (χ4v) is 2.16. The van der Waals surface area contributed by atoms with Crippen LogP contribution >= 0.6 is 0 Å². The number of unbranched alkanes of at least 4 members (excludes halogenated alkanes) is 1. The van der Waals surface area contributed by atoms with Crippen LogP contribution in [0.3, 0.4) is 0 Å². The van der Waals surface area contributed by atoms with Crippen LogP contribution in [0.25, 0.3) is 0 Å². The topological polar surface area (TPSA) is 84.9 Å². The molecule has 2 N–H and O–H groups in total. The van der Waals surface area contributed by atoms with Crippen LogP contribution in [0.1, 0.15) is 31.4 Å². The van der Waals surface area contributed by atoms with E-state index in [1.807, 2.05) is 25.1 Å². The summed E-state index contributed by atoms with van der Waals surface area (Å²) < 4.78 is 10.4. The van der Waals surface area contributed by atoms with Crippen LogP contribution in [0.5, 0.6) is 0 Å². The highest BCUT2D eigenvalue weighted by molar-refractivity contribution is 5.79. The van der Waals surface area contributed by atoms with Crippen LogP contribution in [0.2, 0.25) is 0 Å². The predicted octanol–water partition coefficient (Wildman–Crippen LogP) is 1.47. The lowest BCUT2D eigenvalue weighted by molar-refractivity contribution is -0.163. The number of esters is 1. The molecule has 0 aliphatic carbocycles. The highest BCUT2D eigenvalue weighted by Gasteiger charge is 2.43. The zero-order chi connectivity index (χ0) is 15.2. The van der Waals surface area contributed by atoms with Gasteiger partial charge in [-0.3, -0.25) is 5.32 Å².